The van der Waals surface area contributed by atoms with Gasteiger partial charge in [-0.2, -0.15) is 0 Å². The Morgan fingerprint density at radius 1 is 1.45 bits per heavy atom. The van der Waals surface area contributed by atoms with E-state index in [4.69, 9.17) is 4.74 Å². The number of likely N-dealkylation sites (tertiary alicyclic amines) is 1. The van der Waals surface area contributed by atoms with E-state index >= 15 is 0 Å². The highest BCUT2D eigenvalue weighted by atomic mass is 19.1. The lowest BCUT2D eigenvalue weighted by Crippen LogP contribution is -2.40. The van der Waals surface area contributed by atoms with Crippen LogP contribution in [0.1, 0.15) is 31.2 Å². The van der Waals surface area contributed by atoms with Crippen molar-refractivity contribution < 1.29 is 19.0 Å². The SMILES string of the molecule is COc1ccc(CN2CCCCCC2C(=O)O)cc1F. The second kappa shape index (κ2) is 6.70. The summed E-state index contributed by atoms with van der Waals surface area (Å²) in [6.07, 6.45) is 3.64. The summed E-state index contributed by atoms with van der Waals surface area (Å²) in [6, 6.07) is 4.31. The second-order valence-corrected chi connectivity index (χ2v) is 5.14. The minimum atomic E-state index is -0.791. The van der Waals surface area contributed by atoms with Crippen molar-refractivity contribution in [3.05, 3.63) is 29.6 Å². The van der Waals surface area contributed by atoms with Gasteiger partial charge in [-0.1, -0.05) is 18.9 Å². The quantitative estimate of drug-likeness (QED) is 0.922. The molecule has 0 radical (unpaired) electrons. The maximum atomic E-state index is 13.7. The monoisotopic (exact) mass is 281 g/mol. The number of hydrogen-bond acceptors (Lipinski definition) is 3. The van der Waals surface area contributed by atoms with Gasteiger partial charge in [-0.3, -0.25) is 9.69 Å². The third-order valence-electron chi connectivity index (χ3n) is 3.75. The third-order valence-corrected chi connectivity index (χ3v) is 3.75. The van der Waals surface area contributed by atoms with Gasteiger partial charge in [-0.15, -0.1) is 0 Å². The van der Waals surface area contributed by atoms with E-state index in [0.29, 0.717) is 13.0 Å². The number of halogens is 1. The molecule has 4 nitrogen and oxygen atoms in total. The third kappa shape index (κ3) is 3.48. The van der Waals surface area contributed by atoms with Crippen molar-refractivity contribution in [2.45, 2.75) is 38.3 Å². The Labute approximate surface area is 118 Å². The van der Waals surface area contributed by atoms with Gasteiger partial charge in [0.2, 0.25) is 0 Å². The van der Waals surface area contributed by atoms with Gasteiger partial charge in [0.15, 0.2) is 11.6 Å². The Morgan fingerprint density at radius 3 is 2.90 bits per heavy atom. The van der Waals surface area contributed by atoms with Gasteiger partial charge in [-0.05, 0) is 37.1 Å². The molecule has 0 aliphatic carbocycles. The summed E-state index contributed by atoms with van der Waals surface area (Å²) in [4.78, 5) is 13.3. The number of methoxy groups -OCH3 is 1. The summed E-state index contributed by atoms with van der Waals surface area (Å²) in [5.41, 5.74) is 0.774. The first-order valence-electron chi connectivity index (χ1n) is 6.91. The molecule has 0 amide bonds. The highest BCUT2D eigenvalue weighted by molar-refractivity contribution is 5.73. The molecule has 20 heavy (non-hydrogen) atoms. The van der Waals surface area contributed by atoms with Gasteiger partial charge in [0.25, 0.3) is 0 Å². The smallest absolute Gasteiger partial charge is 0.320 e. The molecule has 1 aliphatic heterocycles. The maximum absolute atomic E-state index is 13.7. The molecule has 0 aromatic heterocycles. The van der Waals surface area contributed by atoms with Crippen LogP contribution >= 0.6 is 0 Å². The number of ether oxygens (including phenoxy) is 1. The molecule has 110 valence electrons. The molecule has 2 rings (SSSR count). The Hall–Kier alpha value is -1.62. The number of nitrogens with zero attached hydrogens (tertiary/aromatic N) is 1. The highest BCUT2D eigenvalue weighted by Gasteiger charge is 2.27. The summed E-state index contributed by atoms with van der Waals surface area (Å²) in [7, 11) is 1.42. The first-order valence-corrected chi connectivity index (χ1v) is 6.91. The summed E-state index contributed by atoms with van der Waals surface area (Å²) < 4.78 is 18.6. The van der Waals surface area contributed by atoms with Gasteiger partial charge in [0, 0.05) is 6.54 Å². The molecule has 0 bridgehead atoms. The van der Waals surface area contributed by atoms with Gasteiger partial charge in [-0.25, -0.2) is 4.39 Å². The Balaban J connectivity index is 2.13. The van der Waals surface area contributed by atoms with Crippen LogP contribution in [0.3, 0.4) is 0 Å². The zero-order valence-corrected chi connectivity index (χ0v) is 11.6. The van der Waals surface area contributed by atoms with Crippen molar-refractivity contribution in [1.82, 2.24) is 4.90 Å². The van der Waals surface area contributed by atoms with Gasteiger partial charge in [0.1, 0.15) is 6.04 Å². The number of carboxylic acids is 1. The van der Waals surface area contributed by atoms with E-state index in [1.807, 2.05) is 4.90 Å². The molecule has 1 fully saturated rings. The first-order chi connectivity index (χ1) is 9.61. The van der Waals surface area contributed by atoms with Crippen molar-refractivity contribution in [1.29, 1.82) is 0 Å². The number of aliphatic carboxylic acids is 1. The molecule has 1 atom stereocenters. The number of rotatable bonds is 4. The molecule has 1 saturated heterocycles. The van der Waals surface area contributed by atoms with E-state index in [0.717, 1.165) is 31.4 Å². The maximum Gasteiger partial charge on any atom is 0.320 e. The van der Waals surface area contributed by atoms with E-state index in [1.165, 1.54) is 13.2 Å². The molecule has 1 aliphatic rings. The zero-order chi connectivity index (χ0) is 14.5. The highest BCUT2D eigenvalue weighted by Crippen LogP contribution is 2.22. The number of hydrogen-bond donors (Lipinski definition) is 1. The second-order valence-electron chi connectivity index (χ2n) is 5.14. The van der Waals surface area contributed by atoms with E-state index in [9.17, 15) is 14.3 Å². The molecule has 0 spiro atoms. The normalized spacial score (nSPS) is 20.4. The summed E-state index contributed by atoms with van der Waals surface area (Å²) >= 11 is 0. The van der Waals surface area contributed by atoms with Crippen LogP contribution in [-0.2, 0) is 11.3 Å². The Bertz CT molecular complexity index is 478. The Kier molecular flexibility index (Phi) is 4.95. The van der Waals surface area contributed by atoms with Crippen LogP contribution < -0.4 is 4.74 Å². The van der Waals surface area contributed by atoms with Crippen molar-refractivity contribution in [2.75, 3.05) is 13.7 Å². The number of carbonyl (C=O) groups is 1. The van der Waals surface area contributed by atoms with Crippen LogP contribution in [0, 0.1) is 5.82 Å². The molecule has 1 unspecified atom stereocenters. The lowest BCUT2D eigenvalue weighted by molar-refractivity contribution is -0.143. The zero-order valence-electron chi connectivity index (χ0n) is 11.6. The standard InChI is InChI=1S/C15H20FNO3/c1-20-14-7-6-11(9-12(14)16)10-17-8-4-2-3-5-13(17)15(18)19/h6-7,9,13H,2-5,8,10H2,1H3,(H,18,19). The molecule has 1 aromatic rings. The molecule has 1 N–H and O–H groups in total. The fraction of sp³-hybridized carbons (Fsp3) is 0.533. The summed E-state index contributed by atoms with van der Waals surface area (Å²) in [6.45, 7) is 1.20. The topological polar surface area (TPSA) is 49.8 Å². The van der Waals surface area contributed by atoms with Crippen molar-refractivity contribution in [3.8, 4) is 5.75 Å². The van der Waals surface area contributed by atoms with Gasteiger partial charge < -0.3 is 9.84 Å². The fourth-order valence-electron chi connectivity index (χ4n) is 2.68. The minimum absolute atomic E-state index is 0.208. The van der Waals surface area contributed by atoms with Crippen molar-refractivity contribution >= 4 is 5.97 Å². The predicted molar refractivity (Wildman–Crippen MR) is 73.3 cm³/mol. The Morgan fingerprint density at radius 2 is 2.25 bits per heavy atom. The molecular formula is C15H20FNO3. The van der Waals surface area contributed by atoms with Crippen LogP contribution in [0.5, 0.6) is 5.75 Å². The molecule has 1 aromatic carbocycles. The van der Waals surface area contributed by atoms with E-state index in [2.05, 4.69) is 0 Å². The van der Waals surface area contributed by atoms with Crippen LogP contribution in [0.2, 0.25) is 0 Å². The average molecular weight is 281 g/mol. The lowest BCUT2D eigenvalue weighted by Gasteiger charge is -2.26. The summed E-state index contributed by atoms with van der Waals surface area (Å²) in [5, 5.41) is 9.31. The molecule has 0 saturated carbocycles. The van der Waals surface area contributed by atoms with E-state index in [-0.39, 0.29) is 5.75 Å². The number of carboxylic acid groups (broad SMARTS) is 1. The van der Waals surface area contributed by atoms with Crippen LogP contribution in [0.4, 0.5) is 4.39 Å². The fourth-order valence-corrected chi connectivity index (χ4v) is 2.68. The lowest BCUT2D eigenvalue weighted by atomic mass is 10.1. The van der Waals surface area contributed by atoms with Crippen molar-refractivity contribution in [3.63, 3.8) is 0 Å². The average Bonchev–Trinajstić information content (AvgIpc) is 2.64. The van der Waals surface area contributed by atoms with E-state index in [1.54, 1.807) is 12.1 Å². The minimum Gasteiger partial charge on any atom is -0.494 e. The van der Waals surface area contributed by atoms with Gasteiger partial charge in [0.05, 0.1) is 7.11 Å². The molecule has 5 heteroatoms. The van der Waals surface area contributed by atoms with Crippen LogP contribution in [0.25, 0.3) is 0 Å². The number of benzene rings is 1. The first kappa shape index (κ1) is 14.8. The van der Waals surface area contributed by atoms with Gasteiger partial charge >= 0.3 is 5.97 Å². The molecular weight excluding hydrogens is 261 g/mol. The largest absolute Gasteiger partial charge is 0.494 e. The summed E-state index contributed by atoms with van der Waals surface area (Å²) in [5.74, 6) is -0.994. The molecule has 1 heterocycles. The predicted octanol–water partition coefficient (Wildman–Crippen LogP) is 2.66. The van der Waals surface area contributed by atoms with Crippen molar-refractivity contribution in [2.24, 2.45) is 0 Å². The van der Waals surface area contributed by atoms with Crippen LogP contribution in [-0.4, -0.2) is 35.7 Å². The van der Waals surface area contributed by atoms with E-state index < -0.39 is 17.8 Å². The van der Waals surface area contributed by atoms with Crippen LogP contribution in [0.15, 0.2) is 18.2 Å².